The van der Waals surface area contributed by atoms with Crippen LogP contribution in [0, 0.1) is 5.82 Å². The van der Waals surface area contributed by atoms with Crippen LogP contribution in [0.5, 0.6) is 0 Å². The maximum absolute atomic E-state index is 13.2. The van der Waals surface area contributed by atoms with Gasteiger partial charge < -0.3 is 9.88 Å². The van der Waals surface area contributed by atoms with Crippen molar-refractivity contribution < 1.29 is 4.39 Å². The van der Waals surface area contributed by atoms with Crippen LogP contribution in [-0.4, -0.2) is 4.57 Å². The Hall–Kier alpha value is -4.37. The van der Waals surface area contributed by atoms with Crippen LogP contribution in [0.1, 0.15) is 0 Å². The molecule has 0 saturated heterocycles. The van der Waals surface area contributed by atoms with Gasteiger partial charge in [0.05, 0.1) is 11.0 Å². The van der Waals surface area contributed by atoms with E-state index in [1.54, 1.807) is 12.1 Å². The predicted octanol–water partition coefficient (Wildman–Crippen LogP) is 8.33. The summed E-state index contributed by atoms with van der Waals surface area (Å²) in [6, 6.07) is 40.3. The number of rotatable bonds is 4. The molecule has 158 valence electrons. The van der Waals surface area contributed by atoms with Crippen LogP contribution < -0.4 is 5.32 Å². The fraction of sp³-hybridized carbons (Fsp3) is 0. The molecule has 5 aromatic carbocycles. The Morgan fingerprint density at radius 3 is 1.88 bits per heavy atom. The van der Waals surface area contributed by atoms with E-state index in [0.717, 1.165) is 28.2 Å². The van der Waals surface area contributed by atoms with E-state index in [1.807, 2.05) is 6.07 Å². The molecule has 2 nitrogen and oxygen atoms in total. The maximum atomic E-state index is 13.2. The van der Waals surface area contributed by atoms with Crippen molar-refractivity contribution in [1.29, 1.82) is 0 Å². The van der Waals surface area contributed by atoms with Crippen LogP contribution in [0.3, 0.4) is 0 Å². The number of nitrogens with zero attached hydrogens (tertiary/aromatic N) is 1. The van der Waals surface area contributed by atoms with E-state index in [0.29, 0.717) is 0 Å². The zero-order valence-corrected chi connectivity index (χ0v) is 17.9. The van der Waals surface area contributed by atoms with Crippen LogP contribution in [0.15, 0.2) is 121 Å². The second-order valence-corrected chi connectivity index (χ2v) is 8.13. The Bertz CT molecular complexity index is 1560. The van der Waals surface area contributed by atoms with Crippen molar-refractivity contribution in [3.05, 3.63) is 127 Å². The van der Waals surface area contributed by atoms with Crippen molar-refractivity contribution in [3.8, 4) is 16.8 Å². The van der Waals surface area contributed by atoms with Gasteiger partial charge in [0.1, 0.15) is 5.82 Å². The molecule has 1 N–H and O–H groups in total. The SMILES string of the molecule is Fc1ccc(-c2ccc(Nc3ccc4c(c3)c3ccccc3n4-c3ccccc3)cc2)cc1. The summed E-state index contributed by atoms with van der Waals surface area (Å²) in [4.78, 5) is 0. The summed E-state index contributed by atoms with van der Waals surface area (Å²) in [5.74, 6) is -0.221. The van der Waals surface area contributed by atoms with E-state index < -0.39 is 0 Å². The van der Waals surface area contributed by atoms with Crippen LogP contribution >= 0.6 is 0 Å². The third-order valence-corrected chi connectivity index (χ3v) is 6.04. The van der Waals surface area contributed by atoms with E-state index in [-0.39, 0.29) is 5.82 Å². The number of nitrogens with one attached hydrogen (secondary N) is 1. The molecule has 0 amide bonds. The van der Waals surface area contributed by atoms with E-state index >= 15 is 0 Å². The zero-order valence-electron chi connectivity index (χ0n) is 17.9. The minimum atomic E-state index is -0.221. The summed E-state index contributed by atoms with van der Waals surface area (Å²) in [7, 11) is 0. The summed E-state index contributed by atoms with van der Waals surface area (Å²) < 4.78 is 15.5. The number of anilines is 2. The first-order chi connectivity index (χ1) is 16.3. The first-order valence-electron chi connectivity index (χ1n) is 11.0. The minimum absolute atomic E-state index is 0.221. The molecule has 0 saturated carbocycles. The Morgan fingerprint density at radius 1 is 0.515 bits per heavy atom. The maximum Gasteiger partial charge on any atom is 0.123 e. The monoisotopic (exact) mass is 428 g/mol. The minimum Gasteiger partial charge on any atom is -0.356 e. The van der Waals surface area contributed by atoms with Gasteiger partial charge in [-0.1, -0.05) is 60.7 Å². The van der Waals surface area contributed by atoms with Crippen LogP contribution in [0.2, 0.25) is 0 Å². The molecule has 0 aliphatic rings. The molecule has 0 atom stereocenters. The Labute approximate surface area is 191 Å². The highest BCUT2D eigenvalue weighted by molar-refractivity contribution is 6.10. The van der Waals surface area contributed by atoms with Crippen LogP contribution in [0.25, 0.3) is 38.6 Å². The first kappa shape index (κ1) is 19.3. The average Bonchev–Trinajstić information content (AvgIpc) is 3.19. The molecular weight excluding hydrogens is 407 g/mol. The first-order valence-corrected chi connectivity index (χ1v) is 11.0. The molecule has 0 unspecified atom stereocenters. The van der Waals surface area contributed by atoms with E-state index in [4.69, 9.17) is 0 Å². The summed E-state index contributed by atoms with van der Waals surface area (Å²) in [5, 5.41) is 5.97. The molecule has 6 rings (SSSR count). The van der Waals surface area contributed by atoms with Gasteiger partial charge in [0, 0.05) is 27.8 Å². The number of halogens is 1. The number of hydrogen-bond acceptors (Lipinski definition) is 1. The normalized spacial score (nSPS) is 11.2. The van der Waals surface area contributed by atoms with E-state index in [9.17, 15) is 4.39 Å². The lowest BCUT2D eigenvalue weighted by Gasteiger charge is -2.10. The highest BCUT2D eigenvalue weighted by Gasteiger charge is 2.12. The van der Waals surface area contributed by atoms with Crippen LogP contribution in [0.4, 0.5) is 15.8 Å². The molecule has 0 radical (unpaired) electrons. The van der Waals surface area contributed by atoms with E-state index in [2.05, 4.69) is 101 Å². The topological polar surface area (TPSA) is 17.0 Å². The molecular formula is C30H21FN2. The predicted molar refractivity (Wildman–Crippen MR) is 136 cm³/mol. The smallest absolute Gasteiger partial charge is 0.123 e. The zero-order chi connectivity index (χ0) is 22.2. The van der Waals surface area contributed by atoms with Crippen molar-refractivity contribution in [1.82, 2.24) is 4.57 Å². The van der Waals surface area contributed by atoms with Crippen molar-refractivity contribution >= 4 is 33.2 Å². The van der Waals surface area contributed by atoms with Gasteiger partial charge in [-0.2, -0.15) is 0 Å². The highest BCUT2D eigenvalue weighted by Crippen LogP contribution is 2.34. The van der Waals surface area contributed by atoms with Gasteiger partial charge in [-0.05, 0) is 71.8 Å². The van der Waals surface area contributed by atoms with Gasteiger partial charge in [0.25, 0.3) is 0 Å². The molecule has 6 aromatic rings. The van der Waals surface area contributed by atoms with Crippen molar-refractivity contribution in [2.45, 2.75) is 0 Å². The fourth-order valence-electron chi connectivity index (χ4n) is 4.46. The second-order valence-electron chi connectivity index (χ2n) is 8.13. The molecule has 0 spiro atoms. The summed E-state index contributed by atoms with van der Waals surface area (Å²) >= 11 is 0. The third kappa shape index (κ3) is 3.54. The molecule has 0 aliphatic carbocycles. The molecule has 0 bridgehead atoms. The Morgan fingerprint density at radius 2 is 1.12 bits per heavy atom. The van der Waals surface area contributed by atoms with Gasteiger partial charge in [0.2, 0.25) is 0 Å². The standard InChI is InChI=1S/C30H21FN2/c31-23-14-10-21(11-15-23)22-12-16-24(17-13-22)32-25-18-19-30-28(20-25)27-8-4-5-9-29(27)33(30)26-6-2-1-3-7-26/h1-20,32H. The molecule has 1 aromatic heterocycles. The largest absolute Gasteiger partial charge is 0.356 e. The lowest BCUT2D eigenvalue weighted by atomic mass is 10.1. The van der Waals surface area contributed by atoms with Crippen molar-refractivity contribution in [2.75, 3.05) is 5.32 Å². The third-order valence-electron chi connectivity index (χ3n) is 6.04. The number of para-hydroxylation sites is 2. The van der Waals surface area contributed by atoms with E-state index in [1.165, 1.54) is 33.9 Å². The van der Waals surface area contributed by atoms with Gasteiger partial charge in [0.15, 0.2) is 0 Å². The molecule has 0 aliphatic heterocycles. The van der Waals surface area contributed by atoms with Gasteiger partial charge in [-0.15, -0.1) is 0 Å². The fourth-order valence-corrected chi connectivity index (χ4v) is 4.46. The average molecular weight is 429 g/mol. The summed E-state index contributed by atoms with van der Waals surface area (Å²) in [6.45, 7) is 0. The van der Waals surface area contributed by atoms with Crippen molar-refractivity contribution in [3.63, 3.8) is 0 Å². The summed E-state index contributed by atoms with van der Waals surface area (Å²) in [6.07, 6.45) is 0. The Balaban J connectivity index is 1.37. The van der Waals surface area contributed by atoms with Crippen molar-refractivity contribution in [2.24, 2.45) is 0 Å². The lowest BCUT2D eigenvalue weighted by Crippen LogP contribution is -1.93. The number of benzene rings is 5. The second kappa shape index (κ2) is 7.95. The number of aromatic nitrogens is 1. The molecule has 33 heavy (non-hydrogen) atoms. The number of fused-ring (bicyclic) bond motifs is 3. The lowest BCUT2D eigenvalue weighted by molar-refractivity contribution is 0.628. The molecule has 0 fully saturated rings. The van der Waals surface area contributed by atoms with Gasteiger partial charge >= 0.3 is 0 Å². The molecule has 3 heteroatoms. The van der Waals surface area contributed by atoms with Gasteiger partial charge in [-0.25, -0.2) is 4.39 Å². The highest BCUT2D eigenvalue weighted by atomic mass is 19.1. The number of hydrogen-bond donors (Lipinski definition) is 1. The van der Waals surface area contributed by atoms with Crippen LogP contribution in [-0.2, 0) is 0 Å². The quantitative estimate of drug-likeness (QED) is 0.299. The Kier molecular flexibility index (Phi) is 4.66. The van der Waals surface area contributed by atoms with Gasteiger partial charge in [-0.3, -0.25) is 0 Å². The summed E-state index contributed by atoms with van der Waals surface area (Å²) in [5.41, 5.74) is 7.62. The molecule has 1 heterocycles.